The highest BCUT2D eigenvalue weighted by molar-refractivity contribution is 9.10. The number of benzene rings is 2. The maximum Gasteiger partial charge on any atom is 0.111 e. The van der Waals surface area contributed by atoms with E-state index in [1.165, 1.54) is 80.8 Å². The van der Waals surface area contributed by atoms with Crippen LogP contribution in [0.25, 0.3) is 27.8 Å². The second-order valence-electron chi connectivity index (χ2n) is 12.4. The summed E-state index contributed by atoms with van der Waals surface area (Å²) in [6, 6.07) is 14.4. The summed E-state index contributed by atoms with van der Waals surface area (Å²) in [6.07, 6.45) is 16.0. The number of hydrogen-bond donors (Lipinski definition) is 0. The largest absolute Gasteiger partial charge is 0.327 e. The summed E-state index contributed by atoms with van der Waals surface area (Å²) < 4.78 is 8.02. The average Bonchev–Trinajstić information content (AvgIpc) is 3.68. The molecule has 4 aliphatic heterocycles. The van der Waals surface area contributed by atoms with Gasteiger partial charge in [-0.3, -0.25) is 9.80 Å². The van der Waals surface area contributed by atoms with Crippen molar-refractivity contribution in [3.05, 3.63) is 71.2 Å². The van der Waals surface area contributed by atoms with Crippen LogP contribution in [0.4, 0.5) is 0 Å². The third kappa shape index (κ3) is 4.99. The smallest absolute Gasteiger partial charge is 0.111 e. The van der Waals surface area contributed by atoms with E-state index in [1.54, 1.807) is 0 Å². The molecule has 2 unspecified atom stereocenters. The van der Waals surface area contributed by atoms with Gasteiger partial charge in [-0.05, 0) is 75.2 Å². The van der Waals surface area contributed by atoms with Crippen LogP contribution in [0, 0.1) is 0 Å². The van der Waals surface area contributed by atoms with Crippen LogP contribution in [-0.2, 0) is 25.9 Å². The molecule has 7 heterocycles. The van der Waals surface area contributed by atoms with Crippen LogP contribution in [0.2, 0.25) is 0 Å². The normalized spacial score (nSPS) is 22.8. The van der Waals surface area contributed by atoms with Crippen molar-refractivity contribution in [1.29, 1.82) is 0 Å². The Morgan fingerprint density at radius 3 is 1.90 bits per heavy atom. The van der Waals surface area contributed by atoms with Crippen molar-refractivity contribution >= 4 is 38.0 Å². The summed E-state index contributed by atoms with van der Waals surface area (Å²) in [5, 5.41) is 0. The average molecular weight is 628 g/mol. The van der Waals surface area contributed by atoms with Crippen LogP contribution >= 0.6 is 15.9 Å². The van der Waals surface area contributed by atoms with Crippen molar-refractivity contribution in [2.45, 2.75) is 76.5 Å². The van der Waals surface area contributed by atoms with Gasteiger partial charge >= 0.3 is 0 Å². The molecule has 3 aromatic heterocycles. The number of fused-ring (bicyclic) bond motifs is 8. The first kappa shape index (κ1) is 26.6. The van der Waals surface area contributed by atoms with Crippen LogP contribution < -0.4 is 0 Å². The lowest BCUT2D eigenvalue weighted by Gasteiger charge is -2.33. The van der Waals surface area contributed by atoms with Crippen LogP contribution in [0.5, 0.6) is 0 Å². The van der Waals surface area contributed by atoms with E-state index in [9.17, 15) is 0 Å². The molecule has 0 bridgehead atoms. The summed E-state index contributed by atoms with van der Waals surface area (Å²) in [7, 11) is 0. The second kappa shape index (κ2) is 11.2. The van der Waals surface area contributed by atoms with E-state index in [-0.39, 0.29) is 0 Å². The third-order valence-corrected chi connectivity index (χ3v) is 10.5. The highest BCUT2D eigenvalue weighted by Gasteiger charge is 2.29. The Labute approximate surface area is 255 Å². The first-order valence-corrected chi connectivity index (χ1v) is 16.6. The molecule has 2 saturated heterocycles. The zero-order valence-electron chi connectivity index (χ0n) is 24.2. The fourth-order valence-corrected chi connectivity index (χ4v) is 8.10. The van der Waals surface area contributed by atoms with Gasteiger partial charge in [0.25, 0.3) is 0 Å². The van der Waals surface area contributed by atoms with E-state index in [0.29, 0.717) is 6.04 Å². The molecule has 9 heteroatoms. The fourth-order valence-electron chi connectivity index (χ4n) is 7.75. The Bertz CT molecular complexity index is 1700. The molecule has 0 amide bonds. The molecule has 0 saturated carbocycles. The van der Waals surface area contributed by atoms with Gasteiger partial charge in [-0.2, -0.15) is 0 Å². The number of rotatable bonds is 1. The van der Waals surface area contributed by atoms with E-state index < -0.39 is 0 Å². The number of piperidine rings is 2. The van der Waals surface area contributed by atoms with E-state index in [2.05, 4.69) is 76.2 Å². The van der Waals surface area contributed by atoms with Gasteiger partial charge in [0.05, 0.1) is 28.4 Å². The number of imidazole rings is 3. The lowest BCUT2D eigenvalue weighted by molar-refractivity contribution is 0.152. The minimum atomic E-state index is 0.690. The van der Waals surface area contributed by atoms with Crippen LogP contribution in [0.1, 0.15) is 50.2 Å². The Hall–Kier alpha value is -3.01. The predicted molar refractivity (Wildman–Crippen MR) is 170 cm³/mol. The van der Waals surface area contributed by atoms with Gasteiger partial charge in [-0.15, -0.1) is 0 Å². The minimum absolute atomic E-state index is 0.690. The highest BCUT2D eigenvalue weighted by Crippen LogP contribution is 2.29. The molecule has 5 aromatic rings. The fraction of sp³-hybridized carbons (Fsp3) is 0.485. The molecule has 42 heavy (non-hydrogen) atoms. The predicted octanol–water partition coefficient (Wildman–Crippen LogP) is 5.84. The van der Waals surface area contributed by atoms with Crippen molar-refractivity contribution in [3.8, 4) is 5.69 Å². The summed E-state index contributed by atoms with van der Waals surface area (Å²) >= 11 is 3.54. The molecule has 8 nitrogen and oxygen atoms in total. The van der Waals surface area contributed by atoms with Gasteiger partial charge < -0.3 is 13.7 Å². The lowest BCUT2D eigenvalue weighted by atomic mass is 10.00. The number of aromatic nitrogens is 6. The lowest BCUT2D eigenvalue weighted by Crippen LogP contribution is -2.40. The highest BCUT2D eigenvalue weighted by atomic mass is 79.9. The van der Waals surface area contributed by atoms with Crippen molar-refractivity contribution in [1.82, 2.24) is 38.5 Å². The van der Waals surface area contributed by atoms with E-state index in [0.717, 1.165) is 59.7 Å². The summed E-state index contributed by atoms with van der Waals surface area (Å²) in [5.74, 6) is 2.54. The Morgan fingerprint density at radius 1 is 0.667 bits per heavy atom. The van der Waals surface area contributed by atoms with Gasteiger partial charge in [0, 0.05) is 73.7 Å². The second-order valence-corrected chi connectivity index (χ2v) is 13.3. The Morgan fingerprint density at radius 2 is 1.29 bits per heavy atom. The van der Waals surface area contributed by atoms with Crippen molar-refractivity contribution in [3.63, 3.8) is 0 Å². The number of hydrogen-bond acceptors (Lipinski definition) is 5. The molecule has 0 aliphatic carbocycles. The van der Waals surface area contributed by atoms with Gasteiger partial charge in [0.15, 0.2) is 0 Å². The van der Waals surface area contributed by atoms with Gasteiger partial charge in [0.1, 0.15) is 11.6 Å². The first-order valence-electron chi connectivity index (χ1n) is 15.8. The van der Waals surface area contributed by atoms with E-state index in [1.807, 2.05) is 23.3 Å². The summed E-state index contributed by atoms with van der Waals surface area (Å²) in [5.41, 5.74) is 5.92. The zero-order valence-corrected chi connectivity index (χ0v) is 25.8. The molecule has 0 N–H and O–H groups in total. The van der Waals surface area contributed by atoms with E-state index in [4.69, 9.17) is 9.97 Å². The Balaban J connectivity index is 0.000000129. The number of halogens is 1. The van der Waals surface area contributed by atoms with Gasteiger partial charge in [-0.1, -0.05) is 28.8 Å². The monoisotopic (exact) mass is 626 g/mol. The van der Waals surface area contributed by atoms with Crippen LogP contribution in [0.15, 0.2) is 59.6 Å². The summed E-state index contributed by atoms with van der Waals surface area (Å²) in [4.78, 5) is 19.3. The zero-order chi connectivity index (χ0) is 28.0. The summed E-state index contributed by atoms with van der Waals surface area (Å²) in [6.45, 7) is 7.03. The molecule has 0 spiro atoms. The molecule has 2 atom stereocenters. The molecule has 2 aromatic carbocycles. The quantitative estimate of drug-likeness (QED) is 0.234. The standard InChI is InChI=1S/C18H21N5.C15H18BrN3/c1-2-7-21-9-10-23-17-5-4-15(22-8-6-19-13-22)11-16(17)20-18(23)12-14(21)3-1;16-11-4-5-14-13(9-11)17-15-10-12-3-1-2-6-18(12)7-8-19(14)15/h4-6,8,11,13-14H,1-3,7,9-10,12H2;4-5,9,12H,1-3,6-8,10H2. The molecule has 4 aliphatic rings. The van der Waals surface area contributed by atoms with Crippen molar-refractivity contribution in [2.75, 3.05) is 26.2 Å². The molecular weight excluding hydrogens is 588 g/mol. The molecule has 2 fully saturated rings. The Kier molecular flexibility index (Phi) is 7.12. The van der Waals surface area contributed by atoms with Crippen LogP contribution in [0.3, 0.4) is 0 Å². The molecule has 218 valence electrons. The third-order valence-electron chi connectivity index (χ3n) is 9.96. The minimum Gasteiger partial charge on any atom is -0.327 e. The first-order chi connectivity index (χ1) is 20.7. The van der Waals surface area contributed by atoms with Gasteiger partial charge in [-0.25, -0.2) is 15.0 Å². The molecule has 0 radical (unpaired) electrons. The molecule has 9 rings (SSSR count). The van der Waals surface area contributed by atoms with E-state index >= 15 is 0 Å². The maximum atomic E-state index is 4.98. The van der Waals surface area contributed by atoms with Gasteiger partial charge in [0.2, 0.25) is 0 Å². The van der Waals surface area contributed by atoms with Crippen LogP contribution in [-0.4, -0.2) is 76.7 Å². The maximum absolute atomic E-state index is 4.98. The van der Waals surface area contributed by atoms with Crippen molar-refractivity contribution < 1.29 is 0 Å². The molecular formula is C33H39BrN8. The number of nitrogens with zero attached hydrogens (tertiary/aromatic N) is 8. The topological polar surface area (TPSA) is 59.9 Å². The SMILES string of the molecule is Brc1ccc2c(c1)nc1n2CCN2CCCCC2C1.c1cn(-c2ccc3c(c2)nc2n3CCN3CCCCC3C2)cn1. The van der Waals surface area contributed by atoms with Crippen molar-refractivity contribution in [2.24, 2.45) is 0 Å².